The summed E-state index contributed by atoms with van der Waals surface area (Å²) in [6.45, 7) is 4.39. The van der Waals surface area contributed by atoms with Gasteiger partial charge < -0.3 is 35.7 Å². The largest absolute Gasteiger partial charge is 0.445 e. The Kier molecular flexibility index (Phi) is 12.1. The molecule has 0 aliphatic carbocycles. The van der Waals surface area contributed by atoms with Crippen LogP contribution in [0.2, 0.25) is 0 Å². The topological polar surface area (TPSA) is 162 Å². The maximum atomic E-state index is 12.7. The van der Waals surface area contributed by atoms with E-state index in [1.165, 1.54) is 0 Å². The lowest BCUT2D eigenvalue weighted by molar-refractivity contribution is -0.126. The van der Waals surface area contributed by atoms with Crippen molar-refractivity contribution in [3.8, 4) is 0 Å². The van der Waals surface area contributed by atoms with E-state index in [1.54, 1.807) is 36.6 Å². The summed E-state index contributed by atoms with van der Waals surface area (Å²) in [5.74, 6) is 0.0877. The number of hydrogen-bond donors (Lipinski definition) is 4. The molecule has 0 saturated carbocycles. The summed E-state index contributed by atoms with van der Waals surface area (Å²) >= 11 is 0. The molecule has 2 heterocycles. The number of benzene rings is 1. The summed E-state index contributed by atoms with van der Waals surface area (Å²) < 4.78 is 18.0. The molecule has 0 unspecified atom stereocenters. The van der Waals surface area contributed by atoms with Gasteiger partial charge in [0.1, 0.15) is 12.6 Å². The lowest BCUT2D eigenvalue weighted by Crippen LogP contribution is -2.50. The van der Waals surface area contributed by atoms with Crippen molar-refractivity contribution in [1.29, 1.82) is 0 Å². The molecule has 208 valence electrons. The Labute approximate surface area is 222 Å². The average Bonchev–Trinajstić information content (AvgIpc) is 3.30. The van der Waals surface area contributed by atoms with Crippen LogP contribution in [0.3, 0.4) is 0 Å². The molecule has 5 N–H and O–H groups in total. The molecule has 3 aromatic rings. The van der Waals surface area contributed by atoms with E-state index in [9.17, 15) is 9.59 Å². The van der Waals surface area contributed by atoms with Gasteiger partial charge in [-0.3, -0.25) is 9.20 Å². The number of aliphatic hydroxyl groups excluding tert-OH is 1. The van der Waals surface area contributed by atoms with Gasteiger partial charge in [-0.1, -0.05) is 43.8 Å². The van der Waals surface area contributed by atoms with Gasteiger partial charge in [-0.25, -0.2) is 4.79 Å². The quantitative estimate of drug-likeness (QED) is 0.227. The van der Waals surface area contributed by atoms with Gasteiger partial charge in [0.25, 0.3) is 0 Å². The van der Waals surface area contributed by atoms with Crippen molar-refractivity contribution in [3.05, 3.63) is 65.6 Å². The number of hydrogen-bond acceptors (Lipinski definition) is 9. The zero-order chi connectivity index (χ0) is 26.7. The van der Waals surface area contributed by atoms with E-state index in [1.807, 2.05) is 30.3 Å². The predicted molar refractivity (Wildman–Crippen MR) is 141 cm³/mol. The fourth-order valence-electron chi connectivity index (χ4n) is 3.26. The number of nitrogens with one attached hydrogen (secondary N) is 2. The molecule has 12 heteroatoms. The van der Waals surface area contributed by atoms with Crippen LogP contribution >= 0.6 is 0 Å². The highest BCUT2D eigenvalue weighted by molar-refractivity contribution is 5.85. The normalized spacial score (nSPS) is 12.0. The molecule has 0 radical (unpaired) electrons. The fourth-order valence-corrected chi connectivity index (χ4v) is 3.26. The third kappa shape index (κ3) is 9.38. The van der Waals surface area contributed by atoms with Crippen molar-refractivity contribution >= 4 is 17.6 Å². The minimum Gasteiger partial charge on any atom is -0.445 e. The van der Waals surface area contributed by atoms with E-state index < -0.39 is 17.7 Å². The number of carbonyl (C=O) groups excluding carboxylic acids is 2. The number of ether oxygens (including phenoxy) is 3. The number of nitrogens with zero attached hydrogens (tertiary/aromatic N) is 3. The van der Waals surface area contributed by atoms with E-state index in [2.05, 4.69) is 20.8 Å². The first-order chi connectivity index (χ1) is 17.8. The molecule has 0 aliphatic heterocycles. The fraction of sp³-hybridized carbons (Fsp3) is 0.462. The number of aromatic nitrogens is 3. The summed E-state index contributed by atoms with van der Waals surface area (Å²) in [6, 6.07) is 12.6. The smallest absolute Gasteiger partial charge is 0.407 e. The van der Waals surface area contributed by atoms with Crippen molar-refractivity contribution in [1.82, 2.24) is 25.2 Å². The van der Waals surface area contributed by atoms with E-state index in [4.69, 9.17) is 25.1 Å². The number of pyridine rings is 1. The molecule has 0 fully saturated rings. The predicted octanol–water partition coefficient (Wildman–Crippen LogP) is 1.71. The monoisotopic (exact) mass is 530 g/mol. The second-order valence-electron chi connectivity index (χ2n) is 8.91. The lowest BCUT2D eigenvalue weighted by Gasteiger charge is -2.23. The van der Waals surface area contributed by atoms with Gasteiger partial charge in [-0.05, 0) is 25.5 Å². The minimum absolute atomic E-state index is 0. The molecule has 2 aromatic heterocycles. The summed E-state index contributed by atoms with van der Waals surface area (Å²) in [5.41, 5.74) is 7.13. The molecule has 1 atom stereocenters. The second-order valence-corrected chi connectivity index (χ2v) is 8.91. The number of fused-ring (bicyclic) bond motifs is 1. The SMILES string of the molecule is C.CC(C)(N)C(=O)N[C@H](COCc1ccccc1)c1nnc2ccc(COC(=O)NCCOCCO)cn12. The van der Waals surface area contributed by atoms with E-state index in [0.717, 1.165) is 5.56 Å². The Morgan fingerprint density at radius 1 is 1.05 bits per heavy atom. The Morgan fingerprint density at radius 2 is 1.82 bits per heavy atom. The van der Waals surface area contributed by atoms with Gasteiger partial charge in [0, 0.05) is 18.3 Å². The molecular weight excluding hydrogens is 492 g/mol. The summed E-state index contributed by atoms with van der Waals surface area (Å²) in [6.07, 6.45) is 1.15. The van der Waals surface area contributed by atoms with Crippen LogP contribution in [0.15, 0.2) is 48.7 Å². The first-order valence-electron chi connectivity index (χ1n) is 11.9. The van der Waals surface area contributed by atoms with Gasteiger partial charge in [-0.15, -0.1) is 10.2 Å². The number of amides is 2. The van der Waals surface area contributed by atoms with Gasteiger partial charge in [0.2, 0.25) is 5.91 Å². The van der Waals surface area contributed by atoms with Crippen molar-refractivity contribution in [3.63, 3.8) is 0 Å². The number of nitrogens with two attached hydrogens (primary N) is 1. The standard InChI is InChI=1S/C25H34N6O6.CH4/c1-25(2,26)23(33)28-20(17-36-15-18-6-4-3-5-7-18)22-30-29-21-9-8-19(14-31(21)22)16-37-24(34)27-10-12-35-13-11-32;/h3-9,14,20,32H,10-13,15-17,26H2,1-2H3,(H,27,34)(H,28,33);1H4/t20-;/m1./s1. The maximum Gasteiger partial charge on any atom is 0.407 e. The average molecular weight is 531 g/mol. The van der Waals surface area contributed by atoms with Crippen molar-refractivity contribution in [2.45, 2.75) is 46.1 Å². The highest BCUT2D eigenvalue weighted by atomic mass is 16.5. The molecule has 12 nitrogen and oxygen atoms in total. The van der Waals surface area contributed by atoms with Crippen LogP contribution in [0.5, 0.6) is 0 Å². The molecular formula is C26H38N6O6. The van der Waals surface area contributed by atoms with Crippen LogP contribution in [0.4, 0.5) is 4.79 Å². The van der Waals surface area contributed by atoms with Crippen molar-refractivity contribution in [2.75, 3.05) is 33.0 Å². The summed E-state index contributed by atoms with van der Waals surface area (Å²) in [5, 5.41) is 22.6. The van der Waals surface area contributed by atoms with E-state index in [0.29, 0.717) is 23.6 Å². The molecule has 3 rings (SSSR count). The summed E-state index contributed by atoms with van der Waals surface area (Å²) in [4.78, 5) is 24.6. The molecule has 0 saturated heterocycles. The number of aliphatic hydroxyl groups is 1. The van der Waals surface area contributed by atoms with Crippen LogP contribution in [-0.2, 0) is 32.2 Å². The maximum absolute atomic E-state index is 12.7. The molecule has 0 spiro atoms. The van der Waals surface area contributed by atoms with Crippen LogP contribution < -0.4 is 16.4 Å². The Bertz CT molecular complexity index is 1150. The minimum atomic E-state index is -1.10. The number of carbonyl (C=O) groups is 2. The third-order valence-corrected chi connectivity index (χ3v) is 5.21. The van der Waals surface area contributed by atoms with Crippen molar-refractivity contribution in [2.24, 2.45) is 5.73 Å². The molecule has 0 aliphatic rings. The first-order valence-corrected chi connectivity index (χ1v) is 11.9. The Hall–Kier alpha value is -3.58. The Morgan fingerprint density at radius 3 is 2.53 bits per heavy atom. The van der Waals surface area contributed by atoms with Gasteiger partial charge in [-0.2, -0.15) is 0 Å². The molecule has 0 bridgehead atoms. The van der Waals surface area contributed by atoms with Crippen LogP contribution in [0, 0.1) is 0 Å². The van der Waals surface area contributed by atoms with Gasteiger partial charge >= 0.3 is 6.09 Å². The Balaban J connectivity index is 0.00000507. The highest BCUT2D eigenvalue weighted by Gasteiger charge is 2.28. The molecule has 2 amide bonds. The van der Waals surface area contributed by atoms with Crippen LogP contribution in [-0.4, -0.2) is 70.2 Å². The van der Waals surface area contributed by atoms with Gasteiger partial charge in [0.15, 0.2) is 11.5 Å². The molecule has 38 heavy (non-hydrogen) atoms. The van der Waals surface area contributed by atoms with Crippen LogP contribution in [0.1, 0.15) is 44.3 Å². The van der Waals surface area contributed by atoms with E-state index in [-0.39, 0.29) is 52.9 Å². The third-order valence-electron chi connectivity index (χ3n) is 5.21. The van der Waals surface area contributed by atoms with Crippen molar-refractivity contribution < 1.29 is 28.9 Å². The first kappa shape index (κ1) is 30.6. The van der Waals surface area contributed by atoms with Gasteiger partial charge in [0.05, 0.1) is 38.6 Å². The van der Waals surface area contributed by atoms with Crippen LogP contribution in [0.25, 0.3) is 5.65 Å². The molecule has 1 aromatic carbocycles. The zero-order valence-corrected chi connectivity index (χ0v) is 21.1. The summed E-state index contributed by atoms with van der Waals surface area (Å²) in [7, 11) is 0. The number of rotatable bonds is 14. The van der Waals surface area contributed by atoms with E-state index >= 15 is 0 Å². The zero-order valence-electron chi connectivity index (χ0n) is 21.1. The second kappa shape index (κ2) is 15.0. The lowest BCUT2D eigenvalue weighted by atomic mass is 10.1. The highest BCUT2D eigenvalue weighted by Crippen LogP contribution is 2.17. The number of alkyl carbamates (subject to hydrolysis) is 1.